The average Bonchev–Trinajstić information content (AvgIpc) is 2.97. The number of hydrogen-bond donors (Lipinski definition) is 0. The average molecular weight is 275 g/mol. The van der Waals surface area contributed by atoms with Crippen LogP contribution in [0.3, 0.4) is 0 Å². The second-order valence-electron chi connectivity index (χ2n) is 4.23. The lowest BCUT2D eigenvalue weighted by atomic mass is 10.2. The minimum absolute atomic E-state index is 0.375. The van der Waals surface area contributed by atoms with Crippen LogP contribution in [0, 0.1) is 6.92 Å². The van der Waals surface area contributed by atoms with Crippen molar-refractivity contribution in [3.8, 4) is 22.8 Å². The van der Waals surface area contributed by atoms with Gasteiger partial charge in [-0.15, -0.1) is 0 Å². The first-order valence-electron chi connectivity index (χ1n) is 5.71. The summed E-state index contributed by atoms with van der Waals surface area (Å²) >= 11 is 6.06. The van der Waals surface area contributed by atoms with Gasteiger partial charge >= 0.3 is 0 Å². The Bertz CT molecular complexity index is 732. The summed E-state index contributed by atoms with van der Waals surface area (Å²) in [5.74, 6) is 1.11. The topological polar surface area (TPSA) is 56.7 Å². The van der Waals surface area contributed by atoms with Gasteiger partial charge in [-0.2, -0.15) is 5.10 Å². The monoisotopic (exact) mass is 274 g/mol. The molecule has 19 heavy (non-hydrogen) atoms. The second-order valence-corrected chi connectivity index (χ2v) is 4.62. The van der Waals surface area contributed by atoms with Crippen molar-refractivity contribution in [2.45, 2.75) is 6.92 Å². The van der Waals surface area contributed by atoms with Gasteiger partial charge in [0.15, 0.2) is 11.6 Å². The highest BCUT2D eigenvalue weighted by Gasteiger charge is 2.13. The van der Waals surface area contributed by atoms with Crippen molar-refractivity contribution in [2.75, 3.05) is 0 Å². The Morgan fingerprint density at radius 3 is 2.79 bits per heavy atom. The first-order chi connectivity index (χ1) is 9.13. The fourth-order valence-corrected chi connectivity index (χ4v) is 2.01. The van der Waals surface area contributed by atoms with Gasteiger partial charge in [0.1, 0.15) is 5.15 Å². The summed E-state index contributed by atoms with van der Waals surface area (Å²) in [6.07, 6.45) is 5.22. The molecule has 3 rings (SSSR count). The van der Waals surface area contributed by atoms with E-state index in [1.807, 2.05) is 26.2 Å². The predicted octanol–water partition coefficient (Wildman–Crippen LogP) is 3.10. The number of aromatic nitrogens is 4. The van der Waals surface area contributed by atoms with Crippen molar-refractivity contribution in [1.29, 1.82) is 0 Å². The highest BCUT2D eigenvalue weighted by atomic mass is 35.5. The quantitative estimate of drug-likeness (QED) is 0.674. The molecule has 0 bridgehead atoms. The van der Waals surface area contributed by atoms with Crippen LogP contribution in [0.15, 0.2) is 35.2 Å². The Morgan fingerprint density at radius 1 is 1.32 bits per heavy atom. The van der Waals surface area contributed by atoms with E-state index in [9.17, 15) is 0 Å². The minimum Gasteiger partial charge on any atom is -0.461 e. The second kappa shape index (κ2) is 4.51. The Kier molecular flexibility index (Phi) is 2.83. The van der Waals surface area contributed by atoms with Crippen LogP contribution in [-0.4, -0.2) is 19.7 Å². The van der Waals surface area contributed by atoms with Crippen LogP contribution in [0.25, 0.3) is 22.8 Å². The van der Waals surface area contributed by atoms with Gasteiger partial charge in [0, 0.05) is 24.9 Å². The van der Waals surface area contributed by atoms with Gasteiger partial charge in [-0.1, -0.05) is 11.6 Å². The zero-order chi connectivity index (χ0) is 13.4. The molecule has 0 fully saturated rings. The van der Waals surface area contributed by atoms with E-state index in [0.29, 0.717) is 16.7 Å². The number of halogens is 1. The maximum Gasteiger partial charge on any atom is 0.197 e. The van der Waals surface area contributed by atoms with Gasteiger partial charge in [-0.25, -0.2) is 9.97 Å². The summed E-state index contributed by atoms with van der Waals surface area (Å²) in [5.41, 5.74) is 2.58. The molecule has 6 heteroatoms. The fourth-order valence-electron chi connectivity index (χ4n) is 1.82. The van der Waals surface area contributed by atoms with Crippen LogP contribution in [0.1, 0.15) is 5.56 Å². The molecule has 5 nitrogen and oxygen atoms in total. The molecule has 0 radical (unpaired) electrons. The molecule has 0 saturated heterocycles. The van der Waals surface area contributed by atoms with Crippen LogP contribution >= 0.6 is 11.6 Å². The molecule has 0 atom stereocenters. The molecule has 3 heterocycles. The van der Waals surface area contributed by atoms with Crippen LogP contribution in [0.2, 0.25) is 5.15 Å². The van der Waals surface area contributed by atoms with Crippen molar-refractivity contribution in [1.82, 2.24) is 19.7 Å². The van der Waals surface area contributed by atoms with Crippen LogP contribution in [0.4, 0.5) is 0 Å². The van der Waals surface area contributed by atoms with E-state index >= 15 is 0 Å². The van der Waals surface area contributed by atoms with E-state index in [0.717, 1.165) is 16.8 Å². The lowest BCUT2D eigenvalue weighted by Crippen LogP contribution is -1.92. The summed E-state index contributed by atoms with van der Waals surface area (Å²) < 4.78 is 7.11. The highest BCUT2D eigenvalue weighted by molar-refractivity contribution is 6.29. The molecule has 0 aliphatic carbocycles. The normalized spacial score (nSPS) is 10.9. The molecule has 0 unspecified atom stereocenters. The Morgan fingerprint density at radius 2 is 2.16 bits per heavy atom. The largest absolute Gasteiger partial charge is 0.461 e. The number of furan rings is 1. The molecule has 0 spiro atoms. The maximum absolute atomic E-state index is 6.06. The van der Waals surface area contributed by atoms with Crippen LogP contribution < -0.4 is 0 Å². The third kappa shape index (κ3) is 2.24. The Hall–Kier alpha value is -2.14. The zero-order valence-electron chi connectivity index (χ0n) is 10.5. The molecule has 3 aromatic rings. The molecule has 0 aliphatic rings. The van der Waals surface area contributed by atoms with Gasteiger partial charge in [0.2, 0.25) is 0 Å². The molecule has 0 N–H and O–H groups in total. The van der Waals surface area contributed by atoms with E-state index in [1.54, 1.807) is 23.2 Å². The lowest BCUT2D eigenvalue weighted by Gasteiger charge is -2.02. The van der Waals surface area contributed by atoms with Crippen LogP contribution in [-0.2, 0) is 7.05 Å². The predicted molar refractivity (Wildman–Crippen MR) is 71.7 cm³/mol. The SMILES string of the molecule is Cc1ccoc1-c1nc(Cl)cc(-c2cnn(C)c2)n1. The molecule has 0 saturated carbocycles. The van der Waals surface area contributed by atoms with Gasteiger partial charge in [0.05, 0.1) is 18.2 Å². The van der Waals surface area contributed by atoms with Crippen molar-refractivity contribution < 1.29 is 4.42 Å². The first-order valence-corrected chi connectivity index (χ1v) is 6.09. The van der Waals surface area contributed by atoms with Crippen molar-refractivity contribution in [2.24, 2.45) is 7.05 Å². The van der Waals surface area contributed by atoms with Crippen molar-refractivity contribution in [3.05, 3.63) is 41.5 Å². The number of hydrogen-bond acceptors (Lipinski definition) is 4. The third-order valence-electron chi connectivity index (χ3n) is 2.76. The van der Waals surface area contributed by atoms with Gasteiger partial charge in [0.25, 0.3) is 0 Å². The molecule has 0 aliphatic heterocycles. The number of nitrogens with zero attached hydrogens (tertiary/aromatic N) is 4. The van der Waals surface area contributed by atoms with E-state index in [1.165, 1.54) is 0 Å². The lowest BCUT2D eigenvalue weighted by molar-refractivity contribution is 0.575. The number of rotatable bonds is 2. The molecular weight excluding hydrogens is 264 g/mol. The third-order valence-corrected chi connectivity index (χ3v) is 2.95. The summed E-state index contributed by atoms with van der Waals surface area (Å²) in [6.45, 7) is 1.94. The van der Waals surface area contributed by atoms with E-state index in [4.69, 9.17) is 16.0 Å². The van der Waals surface area contributed by atoms with Gasteiger partial charge < -0.3 is 4.42 Å². The van der Waals surface area contributed by atoms with E-state index < -0.39 is 0 Å². The maximum atomic E-state index is 6.06. The van der Waals surface area contributed by atoms with Crippen molar-refractivity contribution in [3.63, 3.8) is 0 Å². The fraction of sp³-hybridized carbons (Fsp3) is 0.154. The summed E-state index contributed by atoms with van der Waals surface area (Å²) in [4.78, 5) is 8.68. The Balaban J connectivity index is 2.13. The summed E-state index contributed by atoms with van der Waals surface area (Å²) in [5, 5.41) is 4.50. The standard InChI is InChI=1S/C13H11ClN4O/c1-8-3-4-19-12(8)13-16-10(5-11(14)17-13)9-6-15-18(2)7-9/h3-7H,1-2H3. The summed E-state index contributed by atoms with van der Waals surface area (Å²) in [7, 11) is 1.85. The zero-order valence-corrected chi connectivity index (χ0v) is 11.2. The summed E-state index contributed by atoms with van der Waals surface area (Å²) in [6, 6.07) is 3.57. The van der Waals surface area contributed by atoms with Gasteiger partial charge in [-0.05, 0) is 18.6 Å². The molecule has 3 aromatic heterocycles. The van der Waals surface area contributed by atoms with Crippen LogP contribution in [0.5, 0.6) is 0 Å². The Labute approximate surface area is 114 Å². The smallest absolute Gasteiger partial charge is 0.197 e. The number of aryl methyl sites for hydroxylation is 2. The minimum atomic E-state index is 0.375. The highest BCUT2D eigenvalue weighted by Crippen LogP contribution is 2.26. The molecular formula is C13H11ClN4O. The molecule has 96 valence electrons. The van der Waals surface area contributed by atoms with E-state index in [2.05, 4.69) is 15.1 Å². The van der Waals surface area contributed by atoms with Crippen molar-refractivity contribution >= 4 is 11.6 Å². The first kappa shape index (κ1) is 11.9. The molecule has 0 amide bonds. The molecule has 0 aromatic carbocycles. The van der Waals surface area contributed by atoms with E-state index in [-0.39, 0.29) is 0 Å². The van der Waals surface area contributed by atoms with Gasteiger partial charge in [-0.3, -0.25) is 4.68 Å².